The van der Waals surface area contributed by atoms with E-state index >= 15 is 0 Å². The molecule has 0 saturated heterocycles. The fourth-order valence-corrected chi connectivity index (χ4v) is 5.16. The van der Waals surface area contributed by atoms with Crippen LogP contribution in [0.25, 0.3) is 0 Å². The molecule has 39 heavy (non-hydrogen) atoms. The standard InChI is InChI=1S/C30H38N2O6S/c1-22-14-18-39-28(22)20-31(16-13-23-11-12-26(37-4)27(19-23)38-5)29(33)21-32(15-8-17-35-2)30(34)24-9-6-7-10-25(24)36-3/h6-7,9-12,14,18-19H,8,13,15-17,20-21H2,1-5H3. The summed E-state index contributed by atoms with van der Waals surface area (Å²) in [5.74, 6) is 1.41. The van der Waals surface area contributed by atoms with Crippen molar-refractivity contribution in [1.82, 2.24) is 9.80 Å². The van der Waals surface area contributed by atoms with Gasteiger partial charge in [-0.15, -0.1) is 11.3 Å². The van der Waals surface area contributed by atoms with Crippen LogP contribution in [-0.2, 0) is 22.5 Å². The van der Waals surface area contributed by atoms with Gasteiger partial charge in [0.05, 0.1) is 33.4 Å². The van der Waals surface area contributed by atoms with Gasteiger partial charge >= 0.3 is 0 Å². The molecule has 0 atom stereocenters. The number of carbonyl (C=O) groups is 2. The minimum atomic E-state index is -0.246. The highest BCUT2D eigenvalue weighted by Crippen LogP contribution is 2.28. The summed E-state index contributed by atoms with van der Waals surface area (Å²) in [7, 11) is 6.36. The molecular formula is C30H38N2O6S. The smallest absolute Gasteiger partial charge is 0.258 e. The van der Waals surface area contributed by atoms with Crippen LogP contribution in [0, 0.1) is 6.92 Å². The van der Waals surface area contributed by atoms with Gasteiger partial charge in [0.2, 0.25) is 5.91 Å². The Labute approximate surface area is 235 Å². The van der Waals surface area contributed by atoms with Crippen LogP contribution in [0.2, 0.25) is 0 Å². The highest BCUT2D eigenvalue weighted by molar-refractivity contribution is 7.10. The zero-order valence-electron chi connectivity index (χ0n) is 23.4. The monoisotopic (exact) mass is 554 g/mol. The van der Waals surface area contributed by atoms with Crippen LogP contribution >= 0.6 is 11.3 Å². The number of carbonyl (C=O) groups excluding carboxylic acids is 2. The van der Waals surface area contributed by atoms with Crippen molar-refractivity contribution in [1.29, 1.82) is 0 Å². The van der Waals surface area contributed by atoms with Crippen molar-refractivity contribution in [2.75, 3.05) is 54.7 Å². The minimum Gasteiger partial charge on any atom is -0.496 e. The maximum absolute atomic E-state index is 13.8. The van der Waals surface area contributed by atoms with Gasteiger partial charge in [0.1, 0.15) is 12.3 Å². The molecule has 0 radical (unpaired) electrons. The van der Waals surface area contributed by atoms with E-state index in [0.29, 0.717) is 61.9 Å². The first kappa shape index (κ1) is 30.0. The predicted molar refractivity (Wildman–Crippen MR) is 153 cm³/mol. The highest BCUT2D eigenvalue weighted by atomic mass is 32.1. The van der Waals surface area contributed by atoms with E-state index in [-0.39, 0.29) is 18.4 Å². The first-order valence-electron chi connectivity index (χ1n) is 12.8. The Kier molecular flexibility index (Phi) is 11.6. The average molecular weight is 555 g/mol. The molecule has 2 aromatic carbocycles. The molecule has 0 spiro atoms. The van der Waals surface area contributed by atoms with Crippen LogP contribution in [0.3, 0.4) is 0 Å². The average Bonchev–Trinajstić information content (AvgIpc) is 3.37. The number of nitrogens with zero attached hydrogens (tertiary/aromatic N) is 2. The van der Waals surface area contributed by atoms with Crippen molar-refractivity contribution in [3.8, 4) is 17.2 Å². The summed E-state index contributed by atoms with van der Waals surface area (Å²) in [4.78, 5) is 31.9. The second-order valence-corrected chi connectivity index (χ2v) is 10.1. The lowest BCUT2D eigenvalue weighted by Gasteiger charge is -2.28. The number of rotatable bonds is 15. The highest BCUT2D eigenvalue weighted by Gasteiger charge is 2.25. The Balaban J connectivity index is 1.83. The van der Waals surface area contributed by atoms with E-state index in [1.54, 1.807) is 55.8 Å². The molecule has 3 rings (SSSR count). The number of benzene rings is 2. The van der Waals surface area contributed by atoms with E-state index in [1.165, 1.54) is 7.11 Å². The summed E-state index contributed by atoms with van der Waals surface area (Å²) >= 11 is 1.63. The Morgan fingerprint density at radius 2 is 1.59 bits per heavy atom. The van der Waals surface area contributed by atoms with E-state index in [4.69, 9.17) is 18.9 Å². The SMILES string of the molecule is COCCCN(CC(=O)N(CCc1ccc(OC)c(OC)c1)Cc1sccc1C)C(=O)c1ccccc1OC. The summed E-state index contributed by atoms with van der Waals surface area (Å²) in [5, 5.41) is 2.03. The lowest BCUT2D eigenvalue weighted by atomic mass is 10.1. The van der Waals surface area contributed by atoms with Crippen molar-refractivity contribution in [3.63, 3.8) is 0 Å². The first-order chi connectivity index (χ1) is 18.9. The summed E-state index contributed by atoms with van der Waals surface area (Å²) in [5.41, 5.74) is 2.59. The number of ether oxygens (including phenoxy) is 4. The van der Waals surface area contributed by atoms with Crippen LogP contribution in [0.4, 0.5) is 0 Å². The molecule has 0 aliphatic heterocycles. The van der Waals surface area contributed by atoms with E-state index in [1.807, 2.05) is 41.5 Å². The van der Waals surface area contributed by atoms with Gasteiger partial charge < -0.3 is 28.7 Å². The topological polar surface area (TPSA) is 77.5 Å². The zero-order chi connectivity index (χ0) is 28.2. The maximum Gasteiger partial charge on any atom is 0.258 e. The van der Waals surface area contributed by atoms with E-state index in [9.17, 15) is 9.59 Å². The normalized spacial score (nSPS) is 10.7. The second-order valence-electron chi connectivity index (χ2n) is 9.05. The molecule has 0 saturated carbocycles. The largest absolute Gasteiger partial charge is 0.496 e. The molecule has 0 aliphatic rings. The van der Waals surface area contributed by atoms with Crippen LogP contribution in [0.5, 0.6) is 17.2 Å². The number of aryl methyl sites for hydroxylation is 1. The Morgan fingerprint density at radius 3 is 2.26 bits per heavy atom. The first-order valence-corrected chi connectivity index (χ1v) is 13.7. The van der Waals surface area contributed by atoms with Crippen molar-refractivity contribution < 1.29 is 28.5 Å². The molecule has 0 N–H and O–H groups in total. The van der Waals surface area contributed by atoms with Crippen LogP contribution < -0.4 is 14.2 Å². The fraction of sp³-hybridized carbons (Fsp3) is 0.400. The quantitative estimate of drug-likeness (QED) is 0.251. The number of hydrogen-bond acceptors (Lipinski definition) is 7. The summed E-state index contributed by atoms with van der Waals surface area (Å²) in [6, 6.07) is 14.9. The molecule has 0 unspecified atom stereocenters. The number of hydrogen-bond donors (Lipinski definition) is 0. The van der Waals surface area contributed by atoms with Gasteiger partial charge in [-0.1, -0.05) is 18.2 Å². The second kappa shape index (κ2) is 15.1. The number of para-hydroxylation sites is 1. The van der Waals surface area contributed by atoms with Gasteiger partial charge in [-0.05, 0) is 66.6 Å². The molecule has 3 aromatic rings. The lowest BCUT2D eigenvalue weighted by Crippen LogP contribution is -2.44. The third kappa shape index (κ3) is 8.21. The molecular weight excluding hydrogens is 516 g/mol. The molecule has 2 amide bonds. The summed E-state index contributed by atoms with van der Waals surface area (Å²) in [6.45, 7) is 3.84. The van der Waals surface area contributed by atoms with Crippen LogP contribution in [-0.4, -0.2) is 76.3 Å². The molecule has 8 nitrogen and oxygen atoms in total. The van der Waals surface area contributed by atoms with Crippen molar-refractivity contribution in [3.05, 3.63) is 75.5 Å². The number of methoxy groups -OCH3 is 4. The van der Waals surface area contributed by atoms with Gasteiger partial charge in [0, 0.05) is 31.7 Å². The van der Waals surface area contributed by atoms with E-state index in [0.717, 1.165) is 16.0 Å². The zero-order valence-corrected chi connectivity index (χ0v) is 24.2. The Morgan fingerprint density at radius 1 is 0.846 bits per heavy atom. The Hall–Kier alpha value is -3.56. The van der Waals surface area contributed by atoms with Crippen LogP contribution in [0.1, 0.15) is 32.8 Å². The van der Waals surface area contributed by atoms with Gasteiger partial charge in [-0.2, -0.15) is 0 Å². The fourth-order valence-electron chi connectivity index (χ4n) is 4.24. The van der Waals surface area contributed by atoms with Gasteiger partial charge in [-0.25, -0.2) is 0 Å². The van der Waals surface area contributed by atoms with E-state index in [2.05, 4.69) is 6.07 Å². The Bertz CT molecular complexity index is 1230. The maximum atomic E-state index is 13.8. The minimum absolute atomic E-state index is 0.0447. The van der Waals surface area contributed by atoms with E-state index < -0.39 is 0 Å². The third-order valence-corrected chi connectivity index (χ3v) is 7.51. The third-order valence-electron chi connectivity index (χ3n) is 6.50. The van der Waals surface area contributed by atoms with Crippen molar-refractivity contribution in [2.24, 2.45) is 0 Å². The number of amides is 2. The molecule has 1 aromatic heterocycles. The molecule has 0 bridgehead atoms. The predicted octanol–water partition coefficient (Wildman–Crippen LogP) is 4.83. The lowest BCUT2D eigenvalue weighted by molar-refractivity contribution is -0.132. The van der Waals surface area contributed by atoms with Gasteiger partial charge in [0.15, 0.2) is 11.5 Å². The summed E-state index contributed by atoms with van der Waals surface area (Å²) in [6.07, 6.45) is 1.24. The van der Waals surface area contributed by atoms with Gasteiger partial charge in [-0.3, -0.25) is 9.59 Å². The molecule has 0 fully saturated rings. The molecule has 1 heterocycles. The van der Waals surface area contributed by atoms with Crippen molar-refractivity contribution in [2.45, 2.75) is 26.3 Å². The van der Waals surface area contributed by atoms with Crippen molar-refractivity contribution >= 4 is 23.2 Å². The molecule has 0 aliphatic carbocycles. The van der Waals surface area contributed by atoms with Gasteiger partial charge in [0.25, 0.3) is 5.91 Å². The molecule has 210 valence electrons. The number of thiophene rings is 1. The van der Waals surface area contributed by atoms with Crippen LogP contribution in [0.15, 0.2) is 53.9 Å². The summed E-state index contributed by atoms with van der Waals surface area (Å²) < 4.78 is 21.4. The molecule has 9 heteroatoms.